The lowest BCUT2D eigenvalue weighted by molar-refractivity contribution is -0.117. The molecule has 0 aromatic heterocycles. The maximum absolute atomic E-state index is 11.9. The molecule has 104 valence electrons. The summed E-state index contributed by atoms with van der Waals surface area (Å²) in [5.41, 5.74) is 8.97. The number of halogens is 1. The van der Waals surface area contributed by atoms with Gasteiger partial charge in [-0.3, -0.25) is 4.79 Å². The Morgan fingerprint density at radius 1 is 1.42 bits per heavy atom. The Morgan fingerprint density at radius 3 is 2.58 bits per heavy atom. The SMILES string of the molecule is CCC1C(=O)Nc2c(Cl)cc(C(N)C(C)(C)C)cc21. The number of carbonyl (C=O) groups is 1. The smallest absolute Gasteiger partial charge is 0.232 e. The monoisotopic (exact) mass is 280 g/mol. The van der Waals surface area contributed by atoms with Crippen LogP contribution in [0.5, 0.6) is 0 Å². The zero-order valence-electron chi connectivity index (χ0n) is 11.9. The first kappa shape index (κ1) is 14.4. The van der Waals surface area contributed by atoms with E-state index in [4.69, 9.17) is 17.3 Å². The number of amides is 1. The molecule has 1 aromatic carbocycles. The molecule has 0 spiro atoms. The zero-order chi connectivity index (χ0) is 14.4. The Hall–Kier alpha value is -1.06. The van der Waals surface area contributed by atoms with Crippen molar-refractivity contribution in [3.05, 3.63) is 28.3 Å². The number of rotatable bonds is 2. The molecule has 2 atom stereocenters. The van der Waals surface area contributed by atoms with E-state index in [-0.39, 0.29) is 23.3 Å². The summed E-state index contributed by atoms with van der Waals surface area (Å²) in [5, 5.41) is 3.44. The van der Waals surface area contributed by atoms with E-state index in [0.717, 1.165) is 23.2 Å². The molecule has 19 heavy (non-hydrogen) atoms. The predicted molar refractivity (Wildman–Crippen MR) is 79.5 cm³/mol. The Kier molecular flexibility index (Phi) is 3.63. The Labute approximate surface area is 119 Å². The van der Waals surface area contributed by atoms with Gasteiger partial charge in [-0.2, -0.15) is 0 Å². The van der Waals surface area contributed by atoms with Crippen LogP contribution >= 0.6 is 11.6 Å². The normalized spacial score (nSPS) is 20.1. The van der Waals surface area contributed by atoms with Gasteiger partial charge < -0.3 is 11.1 Å². The summed E-state index contributed by atoms with van der Waals surface area (Å²) in [6.45, 7) is 8.29. The van der Waals surface area contributed by atoms with Crippen molar-refractivity contribution in [3.63, 3.8) is 0 Å². The quantitative estimate of drug-likeness (QED) is 0.865. The fourth-order valence-corrected chi connectivity index (χ4v) is 2.78. The number of hydrogen-bond acceptors (Lipinski definition) is 2. The van der Waals surface area contributed by atoms with Crippen LogP contribution in [0.25, 0.3) is 0 Å². The average Bonchev–Trinajstić information content (AvgIpc) is 2.63. The van der Waals surface area contributed by atoms with Crippen molar-refractivity contribution >= 4 is 23.2 Å². The largest absolute Gasteiger partial charge is 0.324 e. The molecule has 1 aliphatic rings. The summed E-state index contributed by atoms with van der Waals surface area (Å²) in [6.07, 6.45) is 0.767. The maximum atomic E-state index is 11.9. The van der Waals surface area contributed by atoms with Crippen LogP contribution in [-0.4, -0.2) is 5.91 Å². The molecule has 0 aliphatic carbocycles. The van der Waals surface area contributed by atoms with Crippen molar-refractivity contribution in [2.75, 3.05) is 5.32 Å². The highest BCUT2D eigenvalue weighted by atomic mass is 35.5. The molecule has 0 saturated carbocycles. The first-order chi connectivity index (χ1) is 8.75. The molecule has 0 saturated heterocycles. The number of fused-ring (bicyclic) bond motifs is 1. The topological polar surface area (TPSA) is 55.1 Å². The van der Waals surface area contributed by atoms with Crippen LogP contribution in [0.4, 0.5) is 5.69 Å². The molecular formula is C15H21ClN2O. The summed E-state index contributed by atoms with van der Waals surface area (Å²) >= 11 is 6.29. The highest BCUT2D eigenvalue weighted by molar-refractivity contribution is 6.34. The van der Waals surface area contributed by atoms with Crippen molar-refractivity contribution in [3.8, 4) is 0 Å². The van der Waals surface area contributed by atoms with Gasteiger partial charge >= 0.3 is 0 Å². The number of anilines is 1. The van der Waals surface area contributed by atoms with E-state index in [1.54, 1.807) is 0 Å². The van der Waals surface area contributed by atoms with Crippen LogP contribution in [0, 0.1) is 5.41 Å². The zero-order valence-corrected chi connectivity index (χ0v) is 12.6. The molecule has 0 bridgehead atoms. The molecule has 0 radical (unpaired) electrons. The molecule has 1 aromatic rings. The molecule has 1 heterocycles. The first-order valence-electron chi connectivity index (χ1n) is 6.65. The summed E-state index contributed by atoms with van der Waals surface area (Å²) in [4.78, 5) is 11.9. The fourth-order valence-electron chi connectivity index (χ4n) is 2.49. The minimum Gasteiger partial charge on any atom is -0.324 e. The first-order valence-corrected chi connectivity index (χ1v) is 7.03. The highest BCUT2D eigenvalue weighted by Crippen LogP contribution is 2.42. The fraction of sp³-hybridized carbons (Fsp3) is 0.533. The lowest BCUT2D eigenvalue weighted by Crippen LogP contribution is -2.26. The maximum Gasteiger partial charge on any atom is 0.232 e. The third-order valence-electron chi connectivity index (χ3n) is 3.78. The number of nitrogens with one attached hydrogen (secondary N) is 1. The minimum absolute atomic E-state index is 0.0286. The minimum atomic E-state index is -0.111. The van der Waals surface area contributed by atoms with Crippen molar-refractivity contribution in [2.45, 2.75) is 46.1 Å². The van der Waals surface area contributed by atoms with Gasteiger partial charge in [0.1, 0.15) is 0 Å². The molecule has 2 rings (SSSR count). The summed E-state index contributed by atoms with van der Waals surface area (Å²) in [6, 6.07) is 3.79. The van der Waals surface area contributed by atoms with Gasteiger partial charge in [0.15, 0.2) is 0 Å². The van der Waals surface area contributed by atoms with Gasteiger partial charge in [-0.15, -0.1) is 0 Å². The molecular weight excluding hydrogens is 260 g/mol. The van der Waals surface area contributed by atoms with E-state index in [1.807, 2.05) is 19.1 Å². The summed E-state index contributed by atoms with van der Waals surface area (Å²) in [5.74, 6) is -0.0829. The lowest BCUT2D eigenvalue weighted by Gasteiger charge is -2.28. The van der Waals surface area contributed by atoms with Gasteiger partial charge in [0, 0.05) is 6.04 Å². The number of benzene rings is 1. The Morgan fingerprint density at radius 2 is 2.05 bits per heavy atom. The van der Waals surface area contributed by atoms with Crippen molar-refractivity contribution in [1.29, 1.82) is 0 Å². The number of nitrogens with two attached hydrogens (primary N) is 1. The summed E-state index contributed by atoms with van der Waals surface area (Å²) < 4.78 is 0. The van der Waals surface area contributed by atoms with Crippen LogP contribution in [0.3, 0.4) is 0 Å². The van der Waals surface area contributed by atoms with Gasteiger partial charge in [0.2, 0.25) is 5.91 Å². The van der Waals surface area contributed by atoms with E-state index < -0.39 is 0 Å². The second-order valence-corrected chi connectivity index (χ2v) is 6.67. The third kappa shape index (κ3) is 2.49. The Balaban J connectivity index is 2.50. The van der Waals surface area contributed by atoms with Crippen molar-refractivity contribution < 1.29 is 4.79 Å². The van der Waals surface area contributed by atoms with Gasteiger partial charge in [-0.25, -0.2) is 0 Å². The lowest BCUT2D eigenvalue weighted by atomic mass is 9.82. The average molecular weight is 281 g/mol. The van der Waals surface area contributed by atoms with E-state index in [2.05, 4.69) is 26.1 Å². The van der Waals surface area contributed by atoms with Gasteiger partial charge in [0.25, 0.3) is 0 Å². The molecule has 1 amide bonds. The van der Waals surface area contributed by atoms with Gasteiger partial charge in [0.05, 0.1) is 16.6 Å². The van der Waals surface area contributed by atoms with E-state index in [0.29, 0.717) is 5.02 Å². The molecule has 4 heteroatoms. The second kappa shape index (κ2) is 4.80. The van der Waals surface area contributed by atoms with Crippen LogP contribution in [0.15, 0.2) is 12.1 Å². The third-order valence-corrected chi connectivity index (χ3v) is 4.08. The van der Waals surface area contributed by atoms with Crippen molar-refractivity contribution in [1.82, 2.24) is 0 Å². The van der Waals surface area contributed by atoms with Crippen LogP contribution in [0.1, 0.15) is 57.2 Å². The summed E-state index contributed by atoms with van der Waals surface area (Å²) in [7, 11) is 0. The molecule has 3 N–H and O–H groups in total. The molecule has 2 unspecified atom stereocenters. The van der Waals surface area contributed by atoms with Crippen LogP contribution in [0.2, 0.25) is 5.02 Å². The number of carbonyl (C=O) groups excluding carboxylic acids is 1. The molecule has 3 nitrogen and oxygen atoms in total. The number of hydrogen-bond donors (Lipinski definition) is 2. The van der Waals surface area contributed by atoms with E-state index in [9.17, 15) is 4.79 Å². The van der Waals surface area contributed by atoms with E-state index >= 15 is 0 Å². The highest BCUT2D eigenvalue weighted by Gasteiger charge is 2.32. The second-order valence-electron chi connectivity index (χ2n) is 6.26. The van der Waals surface area contributed by atoms with Gasteiger partial charge in [-0.05, 0) is 29.0 Å². The molecule has 0 fully saturated rings. The predicted octanol–water partition coefficient (Wildman–Crippen LogP) is 3.83. The molecule has 1 aliphatic heterocycles. The van der Waals surface area contributed by atoms with Crippen molar-refractivity contribution in [2.24, 2.45) is 11.1 Å². The van der Waals surface area contributed by atoms with Gasteiger partial charge in [-0.1, -0.05) is 45.4 Å². The van der Waals surface area contributed by atoms with Crippen LogP contribution in [-0.2, 0) is 4.79 Å². The standard InChI is InChI=1S/C15H21ClN2O/c1-5-9-10-6-8(13(17)15(2,3)4)7-11(16)12(10)18-14(9)19/h6-7,9,13H,5,17H2,1-4H3,(H,18,19). The van der Waals surface area contributed by atoms with Crippen LogP contribution < -0.4 is 11.1 Å². The Bertz CT molecular complexity index is 520. The van der Waals surface area contributed by atoms with E-state index in [1.165, 1.54) is 0 Å².